The van der Waals surface area contributed by atoms with Crippen LogP contribution in [0.25, 0.3) is 0 Å². The number of ether oxygens (including phenoxy) is 2. The van der Waals surface area contributed by atoms with Crippen LogP contribution in [0.15, 0.2) is 47.5 Å². The smallest absolute Gasteiger partial charge is 0.434 e. The summed E-state index contributed by atoms with van der Waals surface area (Å²) in [7, 11) is 0. The molecule has 2 rings (SSSR count). The van der Waals surface area contributed by atoms with Crippen molar-refractivity contribution in [2.45, 2.75) is 19.5 Å². The van der Waals surface area contributed by atoms with E-state index in [4.69, 9.17) is 5.73 Å². The number of para-hydroxylation sites is 2. The van der Waals surface area contributed by atoms with Crippen LogP contribution in [-0.4, -0.2) is 18.9 Å². The van der Waals surface area contributed by atoms with Gasteiger partial charge in [0.1, 0.15) is 11.6 Å². The summed E-state index contributed by atoms with van der Waals surface area (Å²) >= 11 is 0. The Morgan fingerprint density at radius 3 is 2.36 bits per heavy atom. The molecule has 0 aromatic heterocycles. The molecular formula is C16H14F6IN3O2. The highest BCUT2D eigenvalue weighted by Crippen LogP contribution is 2.30. The van der Waals surface area contributed by atoms with Crippen LogP contribution in [0.4, 0.5) is 32.0 Å². The fourth-order valence-corrected chi connectivity index (χ4v) is 2.02. The van der Waals surface area contributed by atoms with Gasteiger partial charge in [-0.1, -0.05) is 18.2 Å². The summed E-state index contributed by atoms with van der Waals surface area (Å²) in [5.74, 6) is -2.23. The highest BCUT2D eigenvalue weighted by molar-refractivity contribution is 14.0. The molecule has 0 aliphatic heterocycles. The van der Waals surface area contributed by atoms with Gasteiger partial charge in [0, 0.05) is 0 Å². The molecule has 0 unspecified atom stereocenters. The number of guanidine groups is 1. The first kappa shape index (κ1) is 23.7. The van der Waals surface area contributed by atoms with E-state index >= 15 is 0 Å². The normalized spacial score (nSPS) is 11.8. The van der Waals surface area contributed by atoms with Crippen LogP contribution in [0.5, 0.6) is 11.5 Å². The molecular weight excluding hydrogens is 507 g/mol. The lowest BCUT2D eigenvalue weighted by molar-refractivity contribution is -0.274. The molecule has 0 aliphatic rings. The number of aliphatic imine (C=N–C) groups is 1. The molecule has 2 aromatic rings. The fraction of sp³-hybridized carbons (Fsp3) is 0.188. The van der Waals surface area contributed by atoms with Crippen LogP contribution in [-0.2, 0) is 6.54 Å². The third-order valence-electron chi connectivity index (χ3n) is 3.07. The van der Waals surface area contributed by atoms with Crippen LogP contribution >= 0.6 is 24.0 Å². The van der Waals surface area contributed by atoms with Gasteiger partial charge in [0.25, 0.3) is 0 Å². The van der Waals surface area contributed by atoms with Crippen molar-refractivity contribution in [2.75, 3.05) is 5.32 Å². The predicted molar refractivity (Wildman–Crippen MR) is 101 cm³/mol. The maximum Gasteiger partial charge on any atom is 0.573 e. The number of hydrogen-bond acceptors (Lipinski definition) is 3. The second-order valence-corrected chi connectivity index (χ2v) is 4.97. The summed E-state index contributed by atoms with van der Waals surface area (Å²) in [4.78, 5) is 3.74. The first-order valence-corrected chi connectivity index (χ1v) is 7.29. The average Bonchev–Trinajstić information content (AvgIpc) is 2.54. The van der Waals surface area contributed by atoms with Gasteiger partial charge in [0.05, 0.1) is 17.8 Å². The molecule has 0 saturated heterocycles. The Kier molecular flexibility index (Phi) is 8.65. The lowest BCUT2D eigenvalue weighted by Gasteiger charge is -2.14. The molecule has 0 heterocycles. The molecule has 0 spiro atoms. The topological polar surface area (TPSA) is 68.9 Å². The van der Waals surface area contributed by atoms with E-state index in [-0.39, 0.29) is 41.2 Å². The molecule has 3 N–H and O–H groups in total. The monoisotopic (exact) mass is 521 g/mol. The summed E-state index contributed by atoms with van der Waals surface area (Å²) in [5.41, 5.74) is 5.14. The van der Waals surface area contributed by atoms with E-state index in [2.05, 4.69) is 19.8 Å². The Bertz CT molecular complexity index is 817. The Balaban J connectivity index is 0.00000392. The number of rotatable bonds is 6. The zero-order valence-corrected chi connectivity index (χ0v) is 16.2. The zero-order valence-electron chi connectivity index (χ0n) is 13.8. The molecule has 0 aliphatic carbocycles. The summed E-state index contributed by atoms with van der Waals surface area (Å²) in [6.07, 6.45) is -4.92. The van der Waals surface area contributed by atoms with Crippen LogP contribution in [0.3, 0.4) is 0 Å². The van der Waals surface area contributed by atoms with Gasteiger partial charge < -0.3 is 20.5 Å². The largest absolute Gasteiger partial charge is 0.573 e. The predicted octanol–water partition coefficient (Wildman–Crippen LogP) is 4.87. The van der Waals surface area contributed by atoms with Gasteiger partial charge in [0.15, 0.2) is 11.7 Å². The minimum atomic E-state index is -4.92. The van der Waals surface area contributed by atoms with Crippen molar-refractivity contribution in [3.63, 3.8) is 0 Å². The summed E-state index contributed by atoms with van der Waals surface area (Å²) in [6.45, 7) is -3.66. The standard InChI is InChI=1S/C16H13F6N3O2.HI/c17-10-4-3-7-12(26-14(18)19)9(10)8-24-15(23)25-11-5-1-2-6-13(11)27-16(20,21)22;/h1-7,14H,8H2,(H3,23,24,25);1H. The maximum atomic E-state index is 13.8. The van der Waals surface area contributed by atoms with Crippen molar-refractivity contribution in [1.82, 2.24) is 0 Å². The van der Waals surface area contributed by atoms with E-state index < -0.39 is 36.8 Å². The second kappa shape index (κ2) is 10.2. The number of nitrogens with one attached hydrogen (secondary N) is 1. The van der Waals surface area contributed by atoms with Crippen molar-refractivity contribution in [1.29, 1.82) is 0 Å². The minimum Gasteiger partial charge on any atom is -0.434 e. The molecule has 154 valence electrons. The van der Waals surface area contributed by atoms with Crippen molar-refractivity contribution in [3.8, 4) is 11.5 Å². The molecule has 0 radical (unpaired) electrons. The Morgan fingerprint density at radius 2 is 1.71 bits per heavy atom. The zero-order chi connectivity index (χ0) is 20.0. The molecule has 12 heteroatoms. The Morgan fingerprint density at radius 1 is 1.07 bits per heavy atom. The first-order chi connectivity index (χ1) is 12.7. The SMILES string of the molecule is I.NC(=NCc1c(F)cccc1OC(F)F)Nc1ccccc1OC(F)(F)F. The third kappa shape index (κ3) is 7.32. The van der Waals surface area contributed by atoms with Gasteiger partial charge >= 0.3 is 13.0 Å². The van der Waals surface area contributed by atoms with Crippen LogP contribution in [0.1, 0.15) is 5.56 Å². The number of alkyl halides is 5. The second-order valence-electron chi connectivity index (χ2n) is 4.97. The van der Waals surface area contributed by atoms with E-state index in [9.17, 15) is 26.3 Å². The van der Waals surface area contributed by atoms with Gasteiger partial charge in [-0.05, 0) is 24.3 Å². The lowest BCUT2D eigenvalue weighted by Crippen LogP contribution is -2.24. The molecule has 0 bridgehead atoms. The van der Waals surface area contributed by atoms with Gasteiger partial charge in [-0.15, -0.1) is 37.1 Å². The number of nitrogens with zero attached hydrogens (tertiary/aromatic N) is 1. The fourth-order valence-electron chi connectivity index (χ4n) is 2.02. The van der Waals surface area contributed by atoms with E-state index in [1.165, 1.54) is 24.3 Å². The Hall–Kier alpha value is -2.38. The number of nitrogens with two attached hydrogens (primary N) is 1. The number of benzene rings is 2. The van der Waals surface area contributed by atoms with Crippen molar-refractivity contribution < 1.29 is 35.8 Å². The number of halogens is 7. The molecule has 5 nitrogen and oxygen atoms in total. The maximum absolute atomic E-state index is 13.8. The van der Waals surface area contributed by atoms with Crippen molar-refractivity contribution >= 4 is 35.6 Å². The van der Waals surface area contributed by atoms with Crippen LogP contribution in [0, 0.1) is 5.82 Å². The molecule has 0 saturated carbocycles. The van der Waals surface area contributed by atoms with E-state index in [0.29, 0.717) is 0 Å². The highest BCUT2D eigenvalue weighted by atomic mass is 127. The average molecular weight is 521 g/mol. The Labute approximate surface area is 172 Å². The van der Waals surface area contributed by atoms with E-state index in [1.54, 1.807) is 0 Å². The molecule has 0 fully saturated rings. The number of anilines is 1. The van der Waals surface area contributed by atoms with Crippen LogP contribution in [0.2, 0.25) is 0 Å². The van der Waals surface area contributed by atoms with Gasteiger partial charge in [-0.3, -0.25) is 0 Å². The summed E-state index contributed by atoms with van der Waals surface area (Å²) < 4.78 is 83.8. The number of hydrogen-bond donors (Lipinski definition) is 2. The quantitative estimate of drug-likeness (QED) is 0.247. The molecule has 0 amide bonds. The lowest BCUT2D eigenvalue weighted by atomic mass is 10.2. The van der Waals surface area contributed by atoms with Crippen molar-refractivity contribution in [2.24, 2.45) is 10.7 Å². The molecule has 28 heavy (non-hydrogen) atoms. The van der Waals surface area contributed by atoms with Gasteiger partial charge in [-0.25, -0.2) is 9.38 Å². The summed E-state index contributed by atoms with van der Waals surface area (Å²) in [6, 6.07) is 8.34. The molecule has 2 aromatic carbocycles. The highest BCUT2D eigenvalue weighted by Gasteiger charge is 2.32. The van der Waals surface area contributed by atoms with E-state index in [0.717, 1.165) is 18.2 Å². The molecule has 0 atom stereocenters. The third-order valence-corrected chi connectivity index (χ3v) is 3.07. The first-order valence-electron chi connectivity index (χ1n) is 7.29. The summed E-state index contributed by atoms with van der Waals surface area (Å²) in [5, 5.41) is 2.37. The minimum absolute atomic E-state index is 0. The van der Waals surface area contributed by atoms with E-state index in [1.807, 2.05) is 0 Å². The van der Waals surface area contributed by atoms with Crippen molar-refractivity contribution in [3.05, 3.63) is 53.8 Å². The van der Waals surface area contributed by atoms with Gasteiger partial charge in [-0.2, -0.15) is 8.78 Å². The van der Waals surface area contributed by atoms with Crippen LogP contribution < -0.4 is 20.5 Å². The van der Waals surface area contributed by atoms with Gasteiger partial charge in [0.2, 0.25) is 0 Å².